The molecule has 13 heavy (non-hydrogen) atoms. The lowest BCUT2D eigenvalue weighted by Crippen LogP contribution is -2.58. The van der Waals surface area contributed by atoms with Gasteiger partial charge in [0.05, 0.1) is 6.07 Å². The lowest BCUT2D eigenvalue weighted by atomic mass is 9.71. The second kappa shape index (κ2) is 2.71. The summed E-state index contributed by atoms with van der Waals surface area (Å²) in [4.78, 5) is 11.4. The number of piperidine rings is 1. The van der Waals surface area contributed by atoms with Crippen LogP contribution in [0.3, 0.4) is 0 Å². The fourth-order valence-corrected chi connectivity index (χ4v) is 1.96. The van der Waals surface area contributed by atoms with Crippen molar-refractivity contribution in [3.05, 3.63) is 0 Å². The molecule has 2 atom stereocenters. The predicted octanol–water partition coefficient (Wildman–Crippen LogP) is 0.381. The maximum atomic E-state index is 11.4. The molecule has 2 N–H and O–H groups in total. The molecule has 72 valence electrons. The van der Waals surface area contributed by atoms with Crippen LogP contribution < -0.4 is 5.32 Å². The number of nitriles is 1. The van der Waals surface area contributed by atoms with Gasteiger partial charge in [-0.3, -0.25) is 4.79 Å². The third kappa shape index (κ3) is 1.81. The third-order valence-corrected chi connectivity index (χ3v) is 2.37. The van der Waals surface area contributed by atoms with Crippen LogP contribution >= 0.6 is 0 Å². The van der Waals surface area contributed by atoms with E-state index in [1.165, 1.54) is 0 Å². The van der Waals surface area contributed by atoms with Gasteiger partial charge in [0.2, 0.25) is 5.91 Å². The highest BCUT2D eigenvalue weighted by Crippen LogP contribution is 2.38. The summed E-state index contributed by atoms with van der Waals surface area (Å²) in [7, 11) is 0. The number of rotatable bonds is 0. The standard InChI is InChI=1S/C9H14N2O2/c1-8(2)5-9(3,13)11-7(12)6(8)4-10/h6,13H,5H2,1-3H3,(H,11,12)/t6-,9+/m0/s1. The molecule has 1 rings (SSSR count). The van der Waals surface area contributed by atoms with E-state index in [4.69, 9.17) is 5.26 Å². The summed E-state index contributed by atoms with van der Waals surface area (Å²) < 4.78 is 0. The molecule has 1 amide bonds. The van der Waals surface area contributed by atoms with Crippen LogP contribution in [-0.4, -0.2) is 16.7 Å². The van der Waals surface area contributed by atoms with E-state index in [0.717, 1.165) is 0 Å². The molecule has 1 saturated heterocycles. The first-order chi connectivity index (χ1) is 5.78. The second-order valence-corrected chi connectivity index (χ2v) is 4.49. The zero-order chi connectivity index (χ0) is 10.3. The zero-order valence-electron chi connectivity index (χ0n) is 8.09. The number of hydrogen-bond donors (Lipinski definition) is 2. The van der Waals surface area contributed by atoms with Gasteiger partial charge < -0.3 is 10.4 Å². The van der Waals surface area contributed by atoms with Crippen molar-refractivity contribution in [1.29, 1.82) is 5.26 Å². The Bertz CT molecular complexity index is 276. The van der Waals surface area contributed by atoms with Gasteiger partial charge >= 0.3 is 0 Å². The lowest BCUT2D eigenvalue weighted by Gasteiger charge is -2.42. The monoisotopic (exact) mass is 182 g/mol. The average molecular weight is 182 g/mol. The minimum Gasteiger partial charge on any atom is -0.371 e. The smallest absolute Gasteiger partial charge is 0.240 e. The largest absolute Gasteiger partial charge is 0.371 e. The molecule has 0 saturated carbocycles. The average Bonchev–Trinajstić information content (AvgIpc) is 1.79. The van der Waals surface area contributed by atoms with Crippen LogP contribution in [0.2, 0.25) is 0 Å². The van der Waals surface area contributed by atoms with Crippen molar-refractivity contribution in [1.82, 2.24) is 5.32 Å². The van der Waals surface area contributed by atoms with E-state index in [-0.39, 0.29) is 5.91 Å². The maximum absolute atomic E-state index is 11.4. The molecule has 1 heterocycles. The van der Waals surface area contributed by atoms with Gasteiger partial charge in [-0.1, -0.05) is 13.8 Å². The molecule has 0 aromatic carbocycles. The van der Waals surface area contributed by atoms with E-state index in [9.17, 15) is 9.90 Å². The van der Waals surface area contributed by atoms with Crippen molar-refractivity contribution >= 4 is 5.91 Å². The minimum absolute atomic E-state index is 0.385. The Labute approximate surface area is 77.6 Å². The van der Waals surface area contributed by atoms with E-state index in [1.54, 1.807) is 6.92 Å². The van der Waals surface area contributed by atoms with Crippen molar-refractivity contribution < 1.29 is 9.90 Å². The molecule has 4 nitrogen and oxygen atoms in total. The van der Waals surface area contributed by atoms with Gasteiger partial charge in [-0.2, -0.15) is 5.26 Å². The summed E-state index contributed by atoms with van der Waals surface area (Å²) in [5.74, 6) is -1.06. The highest BCUT2D eigenvalue weighted by molar-refractivity contribution is 5.83. The Morgan fingerprint density at radius 2 is 2.15 bits per heavy atom. The summed E-state index contributed by atoms with van der Waals surface area (Å²) in [6, 6.07) is 1.96. The molecular weight excluding hydrogens is 168 g/mol. The predicted molar refractivity (Wildman–Crippen MR) is 46.3 cm³/mol. The van der Waals surface area contributed by atoms with E-state index in [1.807, 2.05) is 19.9 Å². The number of carbonyl (C=O) groups excluding carboxylic acids is 1. The van der Waals surface area contributed by atoms with E-state index in [0.29, 0.717) is 6.42 Å². The zero-order valence-corrected chi connectivity index (χ0v) is 8.09. The Hall–Kier alpha value is -1.08. The molecular formula is C9H14N2O2. The first kappa shape index (κ1) is 10.0. The second-order valence-electron chi connectivity index (χ2n) is 4.49. The summed E-state index contributed by atoms with van der Waals surface area (Å²) >= 11 is 0. The van der Waals surface area contributed by atoms with Crippen LogP contribution in [-0.2, 0) is 4.79 Å². The summed E-state index contributed by atoms with van der Waals surface area (Å²) in [5, 5.41) is 20.8. The Morgan fingerprint density at radius 3 is 2.54 bits per heavy atom. The van der Waals surface area contributed by atoms with Crippen molar-refractivity contribution in [2.24, 2.45) is 11.3 Å². The molecule has 0 unspecified atom stereocenters. The fraction of sp³-hybridized carbons (Fsp3) is 0.778. The van der Waals surface area contributed by atoms with Gasteiger partial charge in [0, 0.05) is 6.42 Å². The van der Waals surface area contributed by atoms with E-state index in [2.05, 4.69) is 5.32 Å². The lowest BCUT2D eigenvalue weighted by molar-refractivity contribution is -0.145. The van der Waals surface area contributed by atoms with Crippen LogP contribution in [0, 0.1) is 22.7 Å². The van der Waals surface area contributed by atoms with Gasteiger partial charge in [0.15, 0.2) is 0 Å². The van der Waals surface area contributed by atoms with Crippen molar-refractivity contribution in [2.45, 2.75) is 32.9 Å². The normalized spacial score (nSPS) is 37.8. The van der Waals surface area contributed by atoms with Crippen molar-refractivity contribution in [2.75, 3.05) is 0 Å². The molecule has 1 fully saturated rings. The first-order valence-corrected chi connectivity index (χ1v) is 4.22. The molecule has 0 aromatic rings. The number of nitrogens with one attached hydrogen (secondary N) is 1. The number of nitrogens with zero attached hydrogens (tertiary/aromatic N) is 1. The highest BCUT2D eigenvalue weighted by Gasteiger charge is 2.46. The van der Waals surface area contributed by atoms with Crippen molar-refractivity contribution in [3.63, 3.8) is 0 Å². The SMILES string of the molecule is CC1(C)C[C@@](C)(O)NC(=O)[C@@H]1C#N. The van der Waals surface area contributed by atoms with Crippen LogP contribution in [0.25, 0.3) is 0 Å². The fourth-order valence-electron chi connectivity index (χ4n) is 1.96. The Kier molecular flexibility index (Phi) is 2.08. The summed E-state index contributed by atoms with van der Waals surface area (Å²) in [5.41, 5.74) is -1.66. The van der Waals surface area contributed by atoms with Crippen molar-refractivity contribution in [3.8, 4) is 6.07 Å². The number of hydrogen-bond acceptors (Lipinski definition) is 3. The Balaban J connectivity index is 2.97. The molecule has 0 spiro atoms. The number of amides is 1. The Morgan fingerprint density at radius 1 is 1.62 bits per heavy atom. The third-order valence-electron chi connectivity index (χ3n) is 2.37. The van der Waals surface area contributed by atoms with Crippen LogP contribution in [0.4, 0.5) is 0 Å². The van der Waals surface area contributed by atoms with Gasteiger partial charge in [0.25, 0.3) is 0 Å². The van der Waals surface area contributed by atoms with Gasteiger partial charge in [0.1, 0.15) is 11.6 Å². The molecule has 0 aliphatic carbocycles. The quantitative estimate of drug-likeness (QED) is 0.569. The highest BCUT2D eigenvalue weighted by atomic mass is 16.3. The minimum atomic E-state index is -1.19. The van der Waals surface area contributed by atoms with Gasteiger partial charge in [-0.15, -0.1) is 0 Å². The van der Waals surface area contributed by atoms with Crippen LogP contribution in [0.15, 0.2) is 0 Å². The van der Waals surface area contributed by atoms with Crippen LogP contribution in [0.1, 0.15) is 27.2 Å². The molecule has 0 aromatic heterocycles. The molecule has 1 aliphatic heterocycles. The number of carbonyl (C=O) groups is 1. The first-order valence-electron chi connectivity index (χ1n) is 4.22. The summed E-state index contributed by atoms with van der Waals surface area (Å²) in [6.07, 6.45) is 0.393. The van der Waals surface area contributed by atoms with Crippen LogP contribution in [0.5, 0.6) is 0 Å². The van der Waals surface area contributed by atoms with Gasteiger partial charge in [-0.05, 0) is 12.3 Å². The maximum Gasteiger partial charge on any atom is 0.240 e. The van der Waals surface area contributed by atoms with E-state index >= 15 is 0 Å². The topological polar surface area (TPSA) is 73.1 Å². The van der Waals surface area contributed by atoms with Gasteiger partial charge in [-0.25, -0.2) is 0 Å². The molecule has 0 bridgehead atoms. The number of aliphatic hydroxyl groups is 1. The molecule has 0 radical (unpaired) electrons. The molecule has 1 aliphatic rings. The van der Waals surface area contributed by atoms with E-state index < -0.39 is 17.1 Å². The summed E-state index contributed by atoms with van der Waals surface area (Å²) in [6.45, 7) is 5.17. The molecule has 4 heteroatoms.